The monoisotopic (exact) mass is 437 g/mol. The highest BCUT2D eigenvalue weighted by Gasteiger charge is 2.37. The summed E-state index contributed by atoms with van der Waals surface area (Å²) in [7, 11) is 1.62. The van der Waals surface area contributed by atoms with E-state index in [9.17, 15) is 4.79 Å². The normalized spacial score (nSPS) is 17.5. The molecule has 7 nitrogen and oxygen atoms in total. The highest BCUT2D eigenvalue weighted by atomic mass is 32.2. The van der Waals surface area contributed by atoms with Crippen molar-refractivity contribution in [3.05, 3.63) is 65.5 Å². The number of hydrogen-bond donors (Lipinski definition) is 2. The summed E-state index contributed by atoms with van der Waals surface area (Å²) in [5.41, 5.74) is 6.56. The molecular formula is C23H27N5O2S. The van der Waals surface area contributed by atoms with Crippen LogP contribution in [0.4, 0.5) is 5.69 Å². The molecule has 0 bridgehead atoms. The number of nitrogens with one attached hydrogen (secondary N) is 2. The van der Waals surface area contributed by atoms with Gasteiger partial charge in [0.15, 0.2) is 5.82 Å². The van der Waals surface area contributed by atoms with E-state index in [1.807, 2.05) is 28.9 Å². The van der Waals surface area contributed by atoms with Crippen molar-refractivity contribution in [2.45, 2.75) is 49.6 Å². The van der Waals surface area contributed by atoms with Crippen molar-refractivity contribution < 1.29 is 9.53 Å². The van der Waals surface area contributed by atoms with Crippen molar-refractivity contribution in [1.29, 1.82) is 0 Å². The molecule has 1 aliphatic rings. The fraction of sp³-hybridized carbons (Fsp3) is 0.348. The Kier molecular flexibility index (Phi) is 6.46. The predicted molar refractivity (Wildman–Crippen MR) is 123 cm³/mol. The number of nitrogens with zero attached hydrogens (tertiary/aromatic N) is 3. The van der Waals surface area contributed by atoms with Gasteiger partial charge in [-0.15, -0.1) is 10.2 Å². The Bertz CT molecular complexity index is 1030. The smallest absolute Gasteiger partial charge is 0.240 e. The number of aromatic nitrogens is 3. The van der Waals surface area contributed by atoms with Gasteiger partial charge in [0.1, 0.15) is 11.0 Å². The van der Waals surface area contributed by atoms with Crippen molar-refractivity contribution in [2.75, 3.05) is 17.9 Å². The standard InChI is InChI=1S/C23H27N5O2S/c1-4-6-19-25-26-23-28(19)27-20(16-9-7-15(5-2)8-10-16)21(31-23)22(29)24-17-11-13-18(30-3)14-12-17/h7-14,20-21,27H,4-6H2,1-3H3,(H,24,29)/t20-,21+/m0/s1. The zero-order chi connectivity index (χ0) is 21.8. The fourth-order valence-electron chi connectivity index (χ4n) is 3.58. The maximum atomic E-state index is 13.3. The molecule has 0 spiro atoms. The summed E-state index contributed by atoms with van der Waals surface area (Å²) in [6.45, 7) is 4.25. The van der Waals surface area contributed by atoms with E-state index in [-0.39, 0.29) is 11.9 Å². The van der Waals surface area contributed by atoms with E-state index in [0.717, 1.165) is 42.1 Å². The Morgan fingerprint density at radius 3 is 2.52 bits per heavy atom. The van der Waals surface area contributed by atoms with Crippen LogP contribution >= 0.6 is 11.8 Å². The number of ether oxygens (including phenoxy) is 1. The lowest BCUT2D eigenvalue weighted by Crippen LogP contribution is -2.41. The first kappa shape index (κ1) is 21.2. The van der Waals surface area contributed by atoms with Crippen LogP contribution in [0, 0.1) is 0 Å². The van der Waals surface area contributed by atoms with E-state index < -0.39 is 5.25 Å². The topological polar surface area (TPSA) is 81.1 Å². The van der Waals surface area contributed by atoms with Crippen LogP contribution in [-0.4, -0.2) is 33.1 Å². The molecule has 0 fully saturated rings. The van der Waals surface area contributed by atoms with Gasteiger partial charge in [0, 0.05) is 12.1 Å². The van der Waals surface area contributed by atoms with Crippen molar-refractivity contribution in [3.8, 4) is 5.75 Å². The first-order valence-electron chi connectivity index (χ1n) is 10.5. The van der Waals surface area contributed by atoms with E-state index >= 15 is 0 Å². The SMILES string of the molecule is CCCc1nnc2n1N[C@@H](c1ccc(CC)cc1)[C@H](C(=O)Nc1ccc(OC)cc1)S2. The van der Waals surface area contributed by atoms with Crippen LogP contribution in [0.1, 0.15) is 43.3 Å². The number of amides is 1. The summed E-state index contributed by atoms with van der Waals surface area (Å²) >= 11 is 1.44. The molecule has 1 amide bonds. The molecule has 0 saturated carbocycles. The Morgan fingerprint density at radius 2 is 1.87 bits per heavy atom. The van der Waals surface area contributed by atoms with Gasteiger partial charge in [-0.25, -0.2) is 4.68 Å². The van der Waals surface area contributed by atoms with Crippen LogP contribution in [0.25, 0.3) is 0 Å². The molecule has 2 atom stereocenters. The molecule has 2 aromatic carbocycles. The molecule has 31 heavy (non-hydrogen) atoms. The third-order valence-corrected chi connectivity index (χ3v) is 6.56. The zero-order valence-electron chi connectivity index (χ0n) is 18.0. The van der Waals surface area contributed by atoms with Crippen LogP contribution in [0.3, 0.4) is 0 Å². The number of thioether (sulfide) groups is 1. The predicted octanol–water partition coefficient (Wildman–Crippen LogP) is 4.20. The van der Waals surface area contributed by atoms with E-state index in [4.69, 9.17) is 4.74 Å². The summed E-state index contributed by atoms with van der Waals surface area (Å²) < 4.78 is 7.13. The maximum absolute atomic E-state index is 13.3. The second-order valence-electron chi connectivity index (χ2n) is 7.44. The number of carbonyl (C=O) groups is 1. The van der Waals surface area contributed by atoms with Gasteiger partial charge in [0.2, 0.25) is 11.1 Å². The number of hydrogen-bond acceptors (Lipinski definition) is 6. The van der Waals surface area contributed by atoms with Gasteiger partial charge in [-0.05, 0) is 48.2 Å². The van der Waals surface area contributed by atoms with Gasteiger partial charge in [-0.3, -0.25) is 4.79 Å². The highest BCUT2D eigenvalue weighted by molar-refractivity contribution is 8.00. The van der Waals surface area contributed by atoms with Crippen molar-refractivity contribution in [3.63, 3.8) is 0 Å². The van der Waals surface area contributed by atoms with Crippen LogP contribution < -0.4 is 15.5 Å². The third-order valence-electron chi connectivity index (χ3n) is 5.34. The van der Waals surface area contributed by atoms with Crippen LogP contribution in [-0.2, 0) is 17.6 Å². The number of aryl methyl sites for hydroxylation is 2. The number of methoxy groups -OCH3 is 1. The summed E-state index contributed by atoms with van der Waals surface area (Å²) in [6.07, 6.45) is 2.78. The molecule has 0 radical (unpaired) electrons. The third kappa shape index (κ3) is 4.54. The van der Waals surface area contributed by atoms with Crippen molar-refractivity contribution in [2.24, 2.45) is 0 Å². The lowest BCUT2D eigenvalue weighted by Gasteiger charge is -2.33. The van der Waals surface area contributed by atoms with Gasteiger partial charge in [0.25, 0.3) is 0 Å². The maximum Gasteiger partial charge on any atom is 0.240 e. The summed E-state index contributed by atoms with van der Waals surface area (Å²) in [4.78, 5) is 13.3. The highest BCUT2D eigenvalue weighted by Crippen LogP contribution is 2.38. The molecule has 162 valence electrons. The van der Waals surface area contributed by atoms with E-state index in [2.05, 4.69) is 59.1 Å². The second kappa shape index (κ2) is 9.43. The molecule has 1 aliphatic heterocycles. The minimum Gasteiger partial charge on any atom is -0.497 e. The van der Waals surface area contributed by atoms with Gasteiger partial charge in [-0.2, -0.15) is 0 Å². The molecule has 8 heteroatoms. The first-order chi connectivity index (χ1) is 15.1. The molecular weight excluding hydrogens is 410 g/mol. The number of fused-ring (bicyclic) bond motifs is 1. The molecule has 3 aromatic rings. The van der Waals surface area contributed by atoms with E-state index in [1.165, 1.54) is 17.3 Å². The number of benzene rings is 2. The van der Waals surface area contributed by atoms with Gasteiger partial charge in [0.05, 0.1) is 13.2 Å². The number of carbonyl (C=O) groups excluding carboxylic acids is 1. The fourth-order valence-corrected chi connectivity index (χ4v) is 4.68. The quantitative estimate of drug-likeness (QED) is 0.577. The molecule has 0 aliphatic carbocycles. The van der Waals surface area contributed by atoms with Crippen molar-refractivity contribution in [1.82, 2.24) is 14.9 Å². The average Bonchev–Trinajstić information content (AvgIpc) is 3.21. The molecule has 2 N–H and O–H groups in total. The molecule has 0 unspecified atom stereocenters. The van der Waals surface area contributed by atoms with Crippen LogP contribution in [0.5, 0.6) is 5.75 Å². The van der Waals surface area contributed by atoms with E-state index in [1.54, 1.807) is 7.11 Å². The Hall–Kier alpha value is -3.00. The van der Waals surface area contributed by atoms with Crippen LogP contribution in [0.2, 0.25) is 0 Å². The lowest BCUT2D eigenvalue weighted by molar-refractivity contribution is -0.116. The van der Waals surface area contributed by atoms with Crippen molar-refractivity contribution >= 4 is 23.4 Å². The minimum atomic E-state index is -0.402. The molecule has 2 heterocycles. The lowest BCUT2D eigenvalue weighted by atomic mass is 10.0. The zero-order valence-corrected chi connectivity index (χ0v) is 18.8. The number of rotatable bonds is 7. The molecule has 1 aromatic heterocycles. The minimum absolute atomic E-state index is 0.0847. The van der Waals surface area contributed by atoms with Gasteiger partial charge < -0.3 is 15.5 Å². The summed E-state index contributed by atoms with van der Waals surface area (Å²) in [5, 5.41) is 12.0. The number of anilines is 1. The van der Waals surface area contributed by atoms with Gasteiger partial charge in [-0.1, -0.05) is 49.9 Å². The Morgan fingerprint density at radius 1 is 1.13 bits per heavy atom. The second-order valence-corrected chi connectivity index (χ2v) is 8.55. The summed E-state index contributed by atoms with van der Waals surface area (Å²) in [6, 6.07) is 15.6. The molecule has 0 saturated heterocycles. The van der Waals surface area contributed by atoms with Gasteiger partial charge >= 0.3 is 0 Å². The molecule has 4 rings (SSSR count). The van der Waals surface area contributed by atoms with E-state index in [0.29, 0.717) is 5.16 Å². The Labute approximate surface area is 186 Å². The average molecular weight is 438 g/mol. The largest absolute Gasteiger partial charge is 0.497 e. The van der Waals surface area contributed by atoms with Crippen LogP contribution in [0.15, 0.2) is 53.7 Å². The Balaban J connectivity index is 1.63. The summed E-state index contributed by atoms with van der Waals surface area (Å²) in [5.74, 6) is 1.55. The first-order valence-corrected chi connectivity index (χ1v) is 11.4.